The van der Waals surface area contributed by atoms with E-state index in [1.165, 1.54) is 42.5 Å². The first-order valence-corrected chi connectivity index (χ1v) is 13.3. The van der Waals surface area contributed by atoms with E-state index in [9.17, 15) is 19.7 Å². The summed E-state index contributed by atoms with van der Waals surface area (Å²) in [5.41, 5.74) is 2.42. The van der Waals surface area contributed by atoms with Crippen molar-refractivity contribution < 1.29 is 19.2 Å². The van der Waals surface area contributed by atoms with Gasteiger partial charge in [0.1, 0.15) is 11.0 Å². The zero-order chi connectivity index (χ0) is 27.1. The number of nitrogens with zero attached hydrogens (tertiary/aromatic N) is 4. The first kappa shape index (κ1) is 26.9. The molecule has 1 N–H and O–H groups in total. The number of pyridine rings is 1. The minimum absolute atomic E-state index is 0.0133. The van der Waals surface area contributed by atoms with Crippen molar-refractivity contribution in [2.24, 2.45) is 0 Å². The smallest absolute Gasteiger partial charge is 0.409 e. The number of aromatic nitrogens is 2. The van der Waals surface area contributed by atoms with Crippen LogP contribution in [0.5, 0.6) is 0 Å². The number of carbonyl (C=O) groups excluding carboxylic acids is 2. The van der Waals surface area contributed by atoms with E-state index in [-0.39, 0.29) is 18.0 Å². The summed E-state index contributed by atoms with van der Waals surface area (Å²) in [6, 6.07) is 12.3. The predicted molar refractivity (Wildman–Crippen MR) is 145 cm³/mol. The molecule has 0 aliphatic heterocycles. The van der Waals surface area contributed by atoms with Crippen molar-refractivity contribution in [3.63, 3.8) is 0 Å². The van der Waals surface area contributed by atoms with E-state index in [1.807, 2.05) is 22.9 Å². The number of likely N-dealkylation sites (N-methyl/N-ethyl adjacent to an activating group) is 1. The minimum atomic E-state index is -0.860. The molecule has 10 nitrogen and oxygen atoms in total. The van der Waals surface area contributed by atoms with Gasteiger partial charge in [-0.1, -0.05) is 18.2 Å². The fraction of sp³-hybridized carbons (Fsp3) is 0.231. The number of hydrogen-bond acceptors (Lipinski definition) is 9. The molecule has 0 bridgehead atoms. The maximum Gasteiger partial charge on any atom is 0.409 e. The van der Waals surface area contributed by atoms with Crippen molar-refractivity contribution in [3.8, 4) is 10.6 Å². The van der Waals surface area contributed by atoms with Crippen LogP contribution in [0.15, 0.2) is 71.7 Å². The molecule has 0 radical (unpaired) electrons. The SMILES string of the molecule is COC(=O)N(C)[C@@H](Cc1ccncc1)C(=O)N[C@@H](Cc1ccc([N+](=O)[O-])cc1)c1nc(-c2cccs2)cs1. The Morgan fingerprint density at radius 1 is 1.08 bits per heavy atom. The van der Waals surface area contributed by atoms with Gasteiger partial charge in [-0.25, -0.2) is 9.78 Å². The van der Waals surface area contributed by atoms with Gasteiger partial charge in [0.25, 0.3) is 5.69 Å². The lowest BCUT2D eigenvalue weighted by Crippen LogP contribution is -2.50. The van der Waals surface area contributed by atoms with Crippen LogP contribution in [0.3, 0.4) is 0 Å². The molecule has 12 heteroatoms. The number of amides is 2. The highest BCUT2D eigenvalue weighted by Gasteiger charge is 2.31. The third-order valence-electron chi connectivity index (χ3n) is 5.91. The molecule has 0 aliphatic rings. The lowest BCUT2D eigenvalue weighted by atomic mass is 10.0. The van der Waals surface area contributed by atoms with Gasteiger partial charge in [-0.05, 0) is 41.1 Å². The molecule has 3 aromatic heterocycles. The number of nitro groups is 1. The monoisotopic (exact) mass is 551 g/mol. The first-order chi connectivity index (χ1) is 18.4. The molecule has 0 saturated heterocycles. The van der Waals surface area contributed by atoms with Gasteiger partial charge < -0.3 is 10.1 Å². The van der Waals surface area contributed by atoms with Crippen molar-refractivity contribution in [3.05, 3.63) is 97.9 Å². The third kappa shape index (κ3) is 6.58. The molecule has 0 spiro atoms. The van der Waals surface area contributed by atoms with E-state index in [4.69, 9.17) is 9.72 Å². The van der Waals surface area contributed by atoms with Crippen LogP contribution in [-0.4, -0.2) is 52.0 Å². The van der Waals surface area contributed by atoms with Crippen LogP contribution < -0.4 is 5.32 Å². The number of methoxy groups -OCH3 is 1. The molecule has 38 heavy (non-hydrogen) atoms. The van der Waals surface area contributed by atoms with Gasteiger partial charge in [0.15, 0.2) is 0 Å². The number of rotatable bonds is 10. The Labute approximate surface area is 227 Å². The molecule has 4 aromatic rings. The normalized spacial score (nSPS) is 12.4. The molecule has 3 heterocycles. The number of nitro benzene ring substituents is 1. The summed E-state index contributed by atoms with van der Waals surface area (Å²) in [6.45, 7) is 0. The molecule has 0 unspecified atom stereocenters. The van der Waals surface area contributed by atoms with Crippen LogP contribution in [0.25, 0.3) is 10.6 Å². The van der Waals surface area contributed by atoms with Gasteiger partial charge >= 0.3 is 6.09 Å². The standard InChI is InChI=1S/C26H25N5O5S2/c1-30(26(33)36-2)22(15-18-9-11-27-12-10-18)24(32)28-20(14-17-5-7-19(8-6-17)31(34)35)25-29-21(16-38-25)23-4-3-13-37-23/h3-13,16,20,22H,14-15H2,1-2H3,(H,28,32)/t20-,22-/m0/s1. The van der Waals surface area contributed by atoms with Gasteiger partial charge in [-0.3, -0.25) is 24.8 Å². The van der Waals surface area contributed by atoms with E-state index in [2.05, 4.69) is 10.3 Å². The fourth-order valence-corrected chi connectivity index (χ4v) is 5.49. The third-order valence-corrected chi connectivity index (χ3v) is 7.76. The molecule has 1 aromatic carbocycles. The zero-order valence-corrected chi connectivity index (χ0v) is 22.3. The average Bonchev–Trinajstić information content (AvgIpc) is 3.64. The van der Waals surface area contributed by atoms with Crippen LogP contribution in [-0.2, 0) is 22.4 Å². The van der Waals surface area contributed by atoms with Gasteiger partial charge in [-0.15, -0.1) is 22.7 Å². The van der Waals surface area contributed by atoms with Crippen molar-refractivity contribution in [1.82, 2.24) is 20.2 Å². The number of hydrogen-bond donors (Lipinski definition) is 1. The minimum Gasteiger partial charge on any atom is -0.453 e. The fourth-order valence-electron chi connectivity index (χ4n) is 3.86. The lowest BCUT2D eigenvalue weighted by molar-refractivity contribution is -0.384. The van der Waals surface area contributed by atoms with Gasteiger partial charge in [0.05, 0.1) is 28.6 Å². The number of benzene rings is 1. The quantitative estimate of drug-likeness (QED) is 0.220. The summed E-state index contributed by atoms with van der Waals surface area (Å²) >= 11 is 2.99. The summed E-state index contributed by atoms with van der Waals surface area (Å²) in [5.74, 6) is -0.380. The maximum atomic E-state index is 13.7. The summed E-state index contributed by atoms with van der Waals surface area (Å²) in [5, 5.41) is 18.7. The molecule has 0 aliphatic carbocycles. The van der Waals surface area contributed by atoms with E-state index in [0.717, 1.165) is 21.7 Å². The molecule has 2 atom stereocenters. The van der Waals surface area contributed by atoms with Crippen LogP contribution in [0.1, 0.15) is 22.2 Å². The number of ether oxygens (including phenoxy) is 1. The van der Waals surface area contributed by atoms with Gasteiger partial charge in [0, 0.05) is 43.4 Å². The van der Waals surface area contributed by atoms with Gasteiger partial charge in [0.2, 0.25) is 5.91 Å². The summed E-state index contributed by atoms with van der Waals surface area (Å²) < 4.78 is 4.87. The average molecular weight is 552 g/mol. The second-order valence-electron chi connectivity index (χ2n) is 8.39. The topological polar surface area (TPSA) is 128 Å². The second kappa shape index (κ2) is 12.4. The molecular formula is C26H25N5O5S2. The van der Waals surface area contributed by atoms with Crippen LogP contribution in [0.4, 0.5) is 10.5 Å². The zero-order valence-electron chi connectivity index (χ0n) is 20.6. The Morgan fingerprint density at radius 3 is 2.42 bits per heavy atom. The Morgan fingerprint density at radius 2 is 1.79 bits per heavy atom. The lowest BCUT2D eigenvalue weighted by Gasteiger charge is -2.28. The molecular weight excluding hydrogens is 526 g/mol. The van der Waals surface area contributed by atoms with E-state index in [0.29, 0.717) is 11.4 Å². The highest BCUT2D eigenvalue weighted by atomic mass is 32.1. The van der Waals surface area contributed by atoms with E-state index in [1.54, 1.807) is 48.0 Å². The Hall–Kier alpha value is -4.16. The predicted octanol–water partition coefficient (Wildman–Crippen LogP) is 4.88. The summed E-state index contributed by atoms with van der Waals surface area (Å²) in [7, 11) is 2.78. The molecule has 196 valence electrons. The molecule has 4 rings (SSSR count). The van der Waals surface area contributed by atoms with Crippen molar-refractivity contribution in [1.29, 1.82) is 0 Å². The van der Waals surface area contributed by atoms with Gasteiger partial charge in [-0.2, -0.15) is 0 Å². The number of thiazole rings is 1. The largest absolute Gasteiger partial charge is 0.453 e. The number of nitrogens with one attached hydrogen (secondary N) is 1. The molecule has 2 amide bonds. The first-order valence-electron chi connectivity index (χ1n) is 11.6. The van der Waals surface area contributed by atoms with Crippen molar-refractivity contribution >= 4 is 40.4 Å². The molecule has 0 saturated carbocycles. The second-order valence-corrected chi connectivity index (χ2v) is 10.2. The summed E-state index contributed by atoms with van der Waals surface area (Å²) in [6.07, 6.45) is 3.22. The van der Waals surface area contributed by atoms with Crippen LogP contribution >= 0.6 is 22.7 Å². The number of thiophene rings is 1. The van der Waals surface area contributed by atoms with Crippen molar-refractivity contribution in [2.75, 3.05) is 14.2 Å². The Balaban J connectivity index is 1.63. The van der Waals surface area contributed by atoms with Crippen LogP contribution in [0, 0.1) is 10.1 Å². The molecule has 0 fully saturated rings. The summed E-state index contributed by atoms with van der Waals surface area (Å²) in [4.78, 5) is 47.7. The van der Waals surface area contributed by atoms with Crippen LogP contribution in [0.2, 0.25) is 0 Å². The van der Waals surface area contributed by atoms with Crippen molar-refractivity contribution in [2.45, 2.75) is 24.9 Å². The maximum absolute atomic E-state index is 13.7. The Kier molecular flexibility index (Phi) is 8.77. The van der Waals surface area contributed by atoms with E-state index >= 15 is 0 Å². The Bertz CT molecular complexity index is 1380. The highest BCUT2D eigenvalue weighted by Crippen LogP contribution is 2.30. The number of non-ortho nitro benzene ring substituents is 1. The highest BCUT2D eigenvalue weighted by molar-refractivity contribution is 7.14. The van der Waals surface area contributed by atoms with E-state index < -0.39 is 23.1 Å². The number of carbonyl (C=O) groups is 2.